The van der Waals surface area contributed by atoms with E-state index in [2.05, 4.69) is 0 Å². The summed E-state index contributed by atoms with van der Waals surface area (Å²) in [6.07, 6.45) is -0.361. The van der Waals surface area contributed by atoms with Crippen molar-refractivity contribution in [2.75, 3.05) is 0 Å². The monoisotopic (exact) mass is 113 g/mol. The maximum Gasteiger partial charge on any atom is 2.00 e. The van der Waals surface area contributed by atoms with Gasteiger partial charge in [-0.3, -0.25) is 9.59 Å². The van der Waals surface area contributed by atoms with Crippen LogP contribution in [0.1, 0.15) is 16.2 Å². The Morgan fingerprint density at radius 2 is 2.00 bits per heavy atom. The van der Waals surface area contributed by atoms with Gasteiger partial charge in [0, 0.05) is 0 Å². The van der Waals surface area contributed by atoms with Crippen molar-refractivity contribution in [3.8, 4) is 0 Å². The zero-order chi connectivity index (χ0) is 5.86. The SMILES string of the molecule is CC(=O)CC(=O)O.[Be+2].[H-].[H-]. The van der Waals surface area contributed by atoms with E-state index in [0.717, 1.165) is 0 Å². The van der Waals surface area contributed by atoms with Crippen LogP contribution in [0.4, 0.5) is 0 Å². The summed E-state index contributed by atoms with van der Waals surface area (Å²) >= 11 is 0. The molecule has 4 heteroatoms. The van der Waals surface area contributed by atoms with Crippen LogP contribution < -0.4 is 0 Å². The van der Waals surface area contributed by atoms with E-state index in [-0.39, 0.29) is 25.2 Å². The summed E-state index contributed by atoms with van der Waals surface area (Å²) in [6, 6.07) is 0. The van der Waals surface area contributed by atoms with Gasteiger partial charge in [-0.15, -0.1) is 0 Å². The Hall–Kier alpha value is -0.691. The molecule has 0 aliphatic heterocycles. The quantitative estimate of drug-likeness (QED) is 0.401. The van der Waals surface area contributed by atoms with Gasteiger partial charge in [0.2, 0.25) is 0 Å². The molecule has 0 radical (unpaired) electrons. The molecule has 0 fully saturated rings. The molecule has 0 atom stereocenters. The Bertz CT molecular complexity index is 94.7. The molecule has 0 aromatic carbocycles. The average Bonchev–Trinajstić information content (AvgIpc) is 1.27. The molecule has 0 aromatic rings. The van der Waals surface area contributed by atoms with Gasteiger partial charge in [0.1, 0.15) is 12.2 Å². The average molecular weight is 113 g/mol. The number of carbonyl (C=O) groups excluding carboxylic acids is 1. The standard InChI is InChI=1S/C4H6O3.Be.2H/c1-3(5)2-4(6)7;;;/h2H2,1H3,(H,6,7);;;/q;+2;2*-1. The summed E-state index contributed by atoms with van der Waals surface area (Å²) < 4.78 is 0. The van der Waals surface area contributed by atoms with Crippen molar-refractivity contribution in [3.05, 3.63) is 0 Å². The molecule has 44 valence electrons. The minimum Gasteiger partial charge on any atom is -1.00 e. The molecule has 0 aromatic heterocycles. The van der Waals surface area contributed by atoms with Crippen LogP contribution in [-0.2, 0) is 9.59 Å². The molecule has 0 bridgehead atoms. The number of ketones is 1. The van der Waals surface area contributed by atoms with E-state index in [1.807, 2.05) is 0 Å². The minimum atomic E-state index is -1.06. The Morgan fingerprint density at radius 1 is 1.62 bits per heavy atom. The number of carbonyl (C=O) groups is 2. The fourth-order valence-corrected chi connectivity index (χ4v) is 0.213. The number of carboxylic acids is 1. The third-order valence-corrected chi connectivity index (χ3v) is 0.400. The smallest absolute Gasteiger partial charge is 1.00 e. The second-order valence-electron chi connectivity index (χ2n) is 1.27. The minimum absolute atomic E-state index is 0. The maximum absolute atomic E-state index is 9.87. The van der Waals surface area contributed by atoms with Gasteiger partial charge in [-0.05, 0) is 6.92 Å². The molecular formula is C4H8BeO3. The number of Topliss-reactive ketones (excluding diaryl/α,β-unsaturated/α-hetero) is 1. The summed E-state index contributed by atoms with van der Waals surface area (Å²) in [5, 5.41) is 7.86. The van der Waals surface area contributed by atoms with E-state index in [0.29, 0.717) is 0 Å². The van der Waals surface area contributed by atoms with Gasteiger partial charge in [-0.1, -0.05) is 0 Å². The largest absolute Gasteiger partial charge is 2.00 e. The molecule has 0 aliphatic carbocycles. The van der Waals surface area contributed by atoms with Crippen LogP contribution in [0.15, 0.2) is 0 Å². The van der Waals surface area contributed by atoms with Crippen LogP contribution in [0.2, 0.25) is 0 Å². The van der Waals surface area contributed by atoms with Gasteiger partial charge in [0.25, 0.3) is 0 Å². The first-order chi connectivity index (χ1) is 3.13. The van der Waals surface area contributed by atoms with Crippen LogP contribution in [-0.4, -0.2) is 27.0 Å². The summed E-state index contributed by atoms with van der Waals surface area (Å²) in [4.78, 5) is 19.5. The van der Waals surface area contributed by atoms with E-state index in [9.17, 15) is 9.59 Å². The fourth-order valence-electron chi connectivity index (χ4n) is 0.213. The normalized spacial score (nSPS) is 7.12. The number of carboxylic acid groups (broad SMARTS) is 1. The maximum atomic E-state index is 9.87. The van der Waals surface area contributed by atoms with Gasteiger partial charge < -0.3 is 7.96 Å². The van der Waals surface area contributed by atoms with Crippen molar-refractivity contribution in [3.63, 3.8) is 0 Å². The van der Waals surface area contributed by atoms with Crippen molar-refractivity contribution in [2.24, 2.45) is 0 Å². The van der Waals surface area contributed by atoms with Crippen LogP contribution in [0, 0.1) is 0 Å². The van der Waals surface area contributed by atoms with Crippen LogP contribution in [0.5, 0.6) is 0 Å². The van der Waals surface area contributed by atoms with Crippen LogP contribution in [0.3, 0.4) is 0 Å². The molecule has 0 saturated heterocycles. The van der Waals surface area contributed by atoms with Crippen molar-refractivity contribution < 1.29 is 17.5 Å². The summed E-state index contributed by atoms with van der Waals surface area (Å²) in [6.45, 7) is 1.24. The fraction of sp³-hybridized carbons (Fsp3) is 0.500. The van der Waals surface area contributed by atoms with E-state index < -0.39 is 5.97 Å². The molecule has 0 spiro atoms. The molecule has 0 amide bonds. The van der Waals surface area contributed by atoms with E-state index >= 15 is 0 Å². The Labute approximate surface area is 53.9 Å². The molecule has 1 N–H and O–H groups in total. The molecule has 3 nitrogen and oxygen atoms in total. The van der Waals surface area contributed by atoms with Crippen molar-refractivity contribution in [1.82, 2.24) is 0 Å². The molecule has 0 unspecified atom stereocenters. The molecule has 0 saturated carbocycles. The van der Waals surface area contributed by atoms with Gasteiger partial charge >= 0.3 is 16.1 Å². The van der Waals surface area contributed by atoms with Gasteiger partial charge in [-0.2, -0.15) is 0 Å². The predicted octanol–water partition coefficient (Wildman–Crippen LogP) is -0.106. The topological polar surface area (TPSA) is 54.4 Å². The first-order valence-electron chi connectivity index (χ1n) is 1.84. The number of hydrogen-bond donors (Lipinski definition) is 1. The summed E-state index contributed by atoms with van der Waals surface area (Å²) in [7, 11) is 0. The second-order valence-corrected chi connectivity index (χ2v) is 1.27. The van der Waals surface area contributed by atoms with Crippen LogP contribution >= 0.6 is 0 Å². The first-order valence-corrected chi connectivity index (χ1v) is 1.84. The summed E-state index contributed by atoms with van der Waals surface area (Å²) in [5.41, 5.74) is 0. The second kappa shape index (κ2) is 4.47. The Kier molecular flexibility index (Phi) is 5.76. The number of aliphatic carboxylic acids is 1. The van der Waals surface area contributed by atoms with Gasteiger partial charge in [-0.25, -0.2) is 0 Å². The van der Waals surface area contributed by atoms with Gasteiger partial charge in [0.05, 0.1) is 0 Å². The Balaban J connectivity index is -0.0000000600. The van der Waals surface area contributed by atoms with E-state index in [4.69, 9.17) is 5.11 Å². The molecule has 8 heavy (non-hydrogen) atoms. The zero-order valence-corrected chi connectivity index (χ0v) is 4.68. The Morgan fingerprint density at radius 3 is 2.00 bits per heavy atom. The van der Waals surface area contributed by atoms with Crippen LogP contribution in [0.25, 0.3) is 0 Å². The van der Waals surface area contributed by atoms with E-state index in [1.165, 1.54) is 6.92 Å². The zero-order valence-electron chi connectivity index (χ0n) is 6.68. The first kappa shape index (κ1) is 10.3. The van der Waals surface area contributed by atoms with Crippen molar-refractivity contribution in [2.45, 2.75) is 13.3 Å². The van der Waals surface area contributed by atoms with Gasteiger partial charge in [0.15, 0.2) is 0 Å². The molecule has 0 rings (SSSR count). The third kappa shape index (κ3) is 9.00. The van der Waals surface area contributed by atoms with Crippen molar-refractivity contribution in [1.29, 1.82) is 0 Å². The molecule has 0 heterocycles. The molecule has 0 aliphatic rings. The number of hydrogen-bond acceptors (Lipinski definition) is 2. The van der Waals surface area contributed by atoms with Crippen molar-refractivity contribution >= 4 is 21.9 Å². The molecular weight excluding hydrogens is 105 g/mol. The number of rotatable bonds is 2. The summed E-state index contributed by atoms with van der Waals surface area (Å²) in [5.74, 6) is -1.37. The predicted molar refractivity (Wildman–Crippen MR) is 30.9 cm³/mol. The third-order valence-electron chi connectivity index (χ3n) is 0.400. The van der Waals surface area contributed by atoms with E-state index in [1.54, 1.807) is 0 Å².